The highest BCUT2D eigenvalue weighted by Gasteiger charge is 2.39. The molecule has 1 aliphatic carbocycles. The Labute approximate surface area is 204 Å². The Kier molecular flexibility index (Phi) is 7.47. The standard InChI is InChI=1S/C25H28Cl2N2O4/c1-28(23(30)14-16-7-9-19(26)20(27)13-16)25-18-5-4-6-22(33-15-24(31)32)17(18)8-10-21(25)29-11-2-3-12-29/h4-7,9,13,21,25H,2-3,8,10-12,14-15H2,1H3,(H,31,32). The minimum Gasteiger partial charge on any atom is -0.482 e. The quantitative estimate of drug-likeness (QED) is 0.613. The average Bonchev–Trinajstić information content (AvgIpc) is 3.33. The molecule has 33 heavy (non-hydrogen) atoms. The van der Waals surface area contributed by atoms with E-state index in [0.29, 0.717) is 15.8 Å². The Hall–Kier alpha value is -2.28. The number of halogens is 2. The molecule has 1 aliphatic heterocycles. The zero-order valence-corrected chi connectivity index (χ0v) is 20.1. The average molecular weight is 491 g/mol. The van der Waals surface area contributed by atoms with Gasteiger partial charge in [0.15, 0.2) is 6.61 Å². The minimum absolute atomic E-state index is 0.00714. The molecule has 6 nitrogen and oxygen atoms in total. The zero-order valence-electron chi connectivity index (χ0n) is 18.6. The fourth-order valence-corrected chi connectivity index (χ4v) is 5.41. The Morgan fingerprint density at radius 2 is 1.91 bits per heavy atom. The summed E-state index contributed by atoms with van der Waals surface area (Å²) in [5, 5.41) is 9.95. The number of aliphatic carboxylic acids is 1. The van der Waals surface area contributed by atoms with Crippen molar-refractivity contribution in [1.82, 2.24) is 9.80 Å². The van der Waals surface area contributed by atoms with E-state index in [1.165, 1.54) is 12.8 Å². The van der Waals surface area contributed by atoms with Gasteiger partial charge in [0.2, 0.25) is 5.91 Å². The predicted octanol–water partition coefficient (Wildman–Crippen LogP) is 4.61. The molecule has 2 aromatic rings. The Bertz CT molecular complexity index is 1040. The van der Waals surface area contributed by atoms with Gasteiger partial charge in [-0.05, 0) is 73.7 Å². The number of hydrogen-bond acceptors (Lipinski definition) is 4. The molecule has 1 heterocycles. The summed E-state index contributed by atoms with van der Waals surface area (Å²) >= 11 is 12.2. The lowest BCUT2D eigenvalue weighted by atomic mass is 9.81. The molecule has 2 aromatic carbocycles. The van der Waals surface area contributed by atoms with E-state index in [0.717, 1.165) is 42.6 Å². The van der Waals surface area contributed by atoms with Gasteiger partial charge in [-0.3, -0.25) is 9.69 Å². The highest BCUT2D eigenvalue weighted by molar-refractivity contribution is 6.42. The maximum Gasteiger partial charge on any atom is 0.341 e. The van der Waals surface area contributed by atoms with Crippen LogP contribution in [0, 0.1) is 0 Å². The SMILES string of the molecule is CN(C(=O)Cc1ccc(Cl)c(Cl)c1)C1c2cccc(OCC(=O)O)c2CCC1N1CCCC1. The van der Waals surface area contributed by atoms with Gasteiger partial charge < -0.3 is 14.7 Å². The lowest BCUT2D eigenvalue weighted by Gasteiger charge is -2.44. The molecule has 8 heteroatoms. The molecule has 1 N–H and O–H groups in total. The summed E-state index contributed by atoms with van der Waals surface area (Å²) < 4.78 is 5.59. The first-order valence-corrected chi connectivity index (χ1v) is 12.0. The normalized spacial score (nSPS) is 20.3. The first kappa shape index (κ1) is 23.9. The van der Waals surface area contributed by atoms with Crippen molar-refractivity contribution < 1.29 is 19.4 Å². The van der Waals surface area contributed by atoms with Crippen molar-refractivity contribution in [2.75, 3.05) is 26.7 Å². The van der Waals surface area contributed by atoms with Gasteiger partial charge in [0.1, 0.15) is 5.75 Å². The number of ether oxygens (including phenoxy) is 1. The first-order chi connectivity index (χ1) is 15.8. The summed E-state index contributed by atoms with van der Waals surface area (Å²) in [5.74, 6) is -0.429. The van der Waals surface area contributed by atoms with Crippen LogP contribution in [0.1, 0.15) is 42.0 Å². The first-order valence-electron chi connectivity index (χ1n) is 11.2. The van der Waals surface area contributed by atoms with Crippen molar-refractivity contribution >= 4 is 35.1 Å². The van der Waals surface area contributed by atoms with Crippen molar-refractivity contribution in [3.8, 4) is 5.75 Å². The molecule has 2 atom stereocenters. The number of carboxylic acid groups (broad SMARTS) is 1. The minimum atomic E-state index is -1.01. The molecule has 1 fully saturated rings. The maximum atomic E-state index is 13.4. The summed E-state index contributed by atoms with van der Waals surface area (Å²) in [4.78, 5) is 28.8. The van der Waals surface area contributed by atoms with Gasteiger partial charge >= 0.3 is 5.97 Å². The number of likely N-dealkylation sites (N-methyl/N-ethyl adjacent to an activating group) is 1. The summed E-state index contributed by atoms with van der Waals surface area (Å²) in [6.45, 7) is 1.67. The van der Waals surface area contributed by atoms with E-state index < -0.39 is 5.97 Å². The van der Waals surface area contributed by atoms with Crippen molar-refractivity contribution in [3.05, 3.63) is 63.1 Å². The second-order valence-electron chi connectivity index (χ2n) is 8.73. The lowest BCUT2D eigenvalue weighted by molar-refractivity contribution is -0.139. The van der Waals surface area contributed by atoms with Gasteiger partial charge in [-0.2, -0.15) is 0 Å². The largest absolute Gasteiger partial charge is 0.482 e. The van der Waals surface area contributed by atoms with E-state index >= 15 is 0 Å². The highest BCUT2D eigenvalue weighted by atomic mass is 35.5. The van der Waals surface area contributed by atoms with Crippen LogP contribution in [0.4, 0.5) is 0 Å². The number of rotatable bonds is 7. The number of amides is 1. The van der Waals surface area contributed by atoms with Crippen molar-refractivity contribution in [3.63, 3.8) is 0 Å². The van der Waals surface area contributed by atoms with Crippen molar-refractivity contribution in [2.45, 2.75) is 44.2 Å². The van der Waals surface area contributed by atoms with Crippen molar-refractivity contribution in [2.24, 2.45) is 0 Å². The van der Waals surface area contributed by atoms with E-state index in [9.17, 15) is 9.59 Å². The fourth-order valence-electron chi connectivity index (χ4n) is 5.09. The highest BCUT2D eigenvalue weighted by Crippen LogP contribution is 2.41. The van der Waals surface area contributed by atoms with Crippen LogP contribution in [0.3, 0.4) is 0 Å². The number of fused-ring (bicyclic) bond motifs is 1. The summed E-state index contributed by atoms with van der Waals surface area (Å²) in [5.41, 5.74) is 2.84. The second kappa shape index (κ2) is 10.3. The lowest BCUT2D eigenvalue weighted by Crippen LogP contribution is -2.48. The summed E-state index contributed by atoms with van der Waals surface area (Å²) in [7, 11) is 1.85. The second-order valence-corrected chi connectivity index (χ2v) is 9.54. The number of nitrogens with zero attached hydrogens (tertiary/aromatic N) is 2. The number of carboxylic acids is 1. The number of likely N-dealkylation sites (tertiary alicyclic amines) is 1. The van der Waals surface area contributed by atoms with Crippen LogP contribution in [-0.4, -0.2) is 59.6 Å². The molecule has 0 radical (unpaired) electrons. The molecule has 1 amide bonds. The van der Waals surface area contributed by atoms with Gasteiger partial charge in [0.25, 0.3) is 0 Å². The Morgan fingerprint density at radius 3 is 2.61 bits per heavy atom. The van der Waals surface area contributed by atoms with Gasteiger partial charge in [0, 0.05) is 13.1 Å². The summed E-state index contributed by atoms with van der Waals surface area (Å²) in [6.07, 6.45) is 4.23. The number of carbonyl (C=O) groups excluding carboxylic acids is 1. The van der Waals surface area contributed by atoms with E-state index in [1.807, 2.05) is 36.2 Å². The molecular formula is C25H28Cl2N2O4. The van der Waals surface area contributed by atoms with Crippen LogP contribution in [0.2, 0.25) is 10.0 Å². The predicted molar refractivity (Wildman–Crippen MR) is 128 cm³/mol. The maximum absolute atomic E-state index is 13.4. The molecule has 0 saturated carbocycles. The number of benzene rings is 2. The fraction of sp³-hybridized carbons (Fsp3) is 0.440. The van der Waals surface area contributed by atoms with E-state index in [1.54, 1.807) is 12.1 Å². The van der Waals surface area contributed by atoms with Crippen molar-refractivity contribution in [1.29, 1.82) is 0 Å². The molecule has 2 unspecified atom stereocenters. The molecule has 0 aromatic heterocycles. The third-order valence-electron chi connectivity index (χ3n) is 6.65. The van der Waals surface area contributed by atoms with Crippen LogP contribution < -0.4 is 4.74 Å². The molecule has 176 valence electrons. The molecular weight excluding hydrogens is 463 g/mol. The molecule has 4 rings (SSSR count). The van der Waals surface area contributed by atoms with E-state index in [2.05, 4.69) is 4.90 Å². The topological polar surface area (TPSA) is 70.1 Å². The van der Waals surface area contributed by atoms with Crippen LogP contribution >= 0.6 is 23.2 Å². The van der Waals surface area contributed by atoms with Crippen LogP contribution in [-0.2, 0) is 22.4 Å². The zero-order chi connectivity index (χ0) is 23.5. The third-order valence-corrected chi connectivity index (χ3v) is 7.39. The van der Waals surface area contributed by atoms with Gasteiger partial charge in [-0.15, -0.1) is 0 Å². The van der Waals surface area contributed by atoms with Gasteiger partial charge in [-0.1, -0.05) is 41.4 Å². The monoisotopic (exact) mass is 490 g/mol. The molecule has 0 spiro atoms. The van der Waals surface area contributed by atoms with E-state index in [-0.39, 0.29) is 31.0 Å². The van der Waals surface area contributed by atoms with Crippen LogP contribution in [0.15, 0.2) is 36.4 Å². The van der Waals surface area contributed by atoms with E-state index in [4.69, 9.17) is 33.0 Å². The smallest absolute Gasteiger partial charge is 0.341 e. The van der Waals surface area contributed by atoms with Crippen LogP contribution in [0.5, 0.6) is 5.75 Å². The van der Waals surface area contributed by atoms with Gasteiger partial charge in [-0.25, -0.2) is 4.79 Å². The molecule has 2 aliphatic rings. The Balaban J connectivity index is 1.64. The summed E-state index contributed by atoms with van der Waals surface area (Å²) in [6, 6.07) is 11.1. The third kappa shape index (κ3) is 5.29. The molecule has 0 bridgehead atoms. The van der Waals surface area contributed by atoms with Crippen LogP contribution in [0.25, 0.3) is 0 Å². The molecule has 1 saturated heterocycles. The number of hydrogen-bond donors (Lipinski definition) is 1. The number of carbonyl (C=O) groups is 2. The van der Waals surface area contributed by atoms with Gasteiger partial charge in [0.05, 0.1) is 22.5 Å². The Morgan fingerprint density at radius 1 is 1.15 bits per heavy atom.